The van der Waals surface area contributed by atoms with E-state index in [-0.39, 0.29) is 0 Å². The van der Waals surface area contributed by atoms with Gasteiger partial charge < -0.3 is 9.47 Å². The molecule has 0 N–H and O–H groups in total. The van der Waals surface area contributed by atoms with Crippen LogP contribution in [-0.2, 0) is 5.88 Å². The van der Waals surface area contributed by atoms with Crippen molar-refractivity contribution in [3.63, 3.8) is 0 Å². The molecule has 0 atom stereocenters. The highest BCUT2D eigenvalue weighted by molar-refractivity contribution is 6.17. The number of rotatable bonds is 4. The molecule has 0 aliphatic heterocycles. The second-order valence-corrected chi connectivity index (χ2v) is 3.17. The topological polar surface area (TPSA) is 74.5 Å². The molecular weight excluding hydrogens is 281 g/mol. The first kappa shape index (κ1) is 14.3. The maximum atomic E-state index is 12.2. The molecule has 10 heteroatoms. The Morgan fingerprint density at radius 2 is 2.17 bits per heavy atom. The minimum absolute atomic E-state index is 0.453. The molecule has 0 fully saturated rings. The third-order valence-corrected chi connectivity index (χ3v) is 2.09. The van der Waals surface area contributed by atoms with E-state index in [0.717, 1.165) is 13.3 Å². The monoisotopic (exact) mass is 286 g/mol. The molecule has 1 aromatic heterocycles. The van der Waals surface area contributed by atoms with Crippen LogP contribution in [0.3, 0.4) is 0 Å². The largest absolute Gasteiger partial charge is 0.573 e. The lowest BCUT2D eigenvalue weighted by molar-refractivity contribution is -0.386. The minimum Gasteiger partial charge on any atom is -0.478 e. The van der Waals surface area contributed by atoms with Crippen LogP contribution >= 0.6 is 11.6 Å². The Hall–Kier alpha value is -1.77. The maximum Gasteiger partial charge on any atom is 0.573 e. The van der Waals surface area contributed by atoms with Gasteiger partial charge in [0.1, 0.15) is 6.20 Å². The van der Waals surface area contributed by atoms with Crippen LogP contribution < -0.4 is 9.47 Å². The van der Waals surface area contributed by atoms with Gasteiger partial charge in [-0.3, -0.25) is 10.1 Å². The van der Waals surface area contributed by atoms with Gasteiger partial charge >= 0.3 is 6.36 Å². The maximum absolute atomic E-state index is 12.2. The number of hydrogen-bond donors (Lipinski definition) is 0. The number of nitrogens with zero attached hydrogens (tertiary/aromatic N) is 2. The van der Waals surface area contributed by atoms with Gasteiger partial charge in [0.05, 0.1) is 23.5 Å². The zero-order valence-corrected chi connectivity index (χ0v) is 9.58. The van der Waals surface area contributed by atoms with Crippen molar-refractivity contribution in [2.75, 3.05) is 7.11 Å². The van der Waals surface area contributed by atoms with Gasteiger partial charge in [-0.2, -0.15) is 0 Å². The Labute approximate surface area is 103 Å². The van der Waals surface area contributed by atoms with Gasteiger partial charge in [0.2, 0.25) is 5.75 Å². The number of hydrogen-bond acceptors (Lipinski definition) is 5. The average Bonchev–Trinajstić information content (AvgIpc) is 2.26. The lowest BCUT2D eigenvalue weighted by atomic mass is 10.2. The van der Waals surface area contributed by atoms with E-state index in [0.29, 0.717) is 0 Å². The molecule has 6 nitrogen and oxygen atoms in total. The summed E-state index contributed by atoms with van der Waals surface area (Å²) in [7, 11) is 1.05. The predicted octanol–water partition coefficient (Wildman–Crippen LogP) is 2.64. The van der Waals surface area contributed by atoms with Gasteiger partial charge in [-0.15, -0.1) is 24.8 Å². The van der Waals surface area contributed by atoms with Crippen molar-refractivity contribution in [3.05, 3.63) is 21.9 Å². The molecule has 100 valence electrons. The third-order valence-electron chi connectivity index (χ3n) is 1.82. The zero-order valence-electron chi connectivity index (χ0n) is 8.82. The fourth-order valence-electron chi connectivity index (χ4n) is 1.15. The Morgan fingerprint density at radius 3 is 2.56 bits per heavy atom. The number of halogens is 4. The summed E-state index contributed by atoms with van der Waals surface area (Å²) in [5.41, 5.74) is -1.13. The average molecular weight is 287 g/mol. The molecule has 0 radical (unpaired) electrons. The third kappa shape index (κ3) is 3.13. The molecule has 0 aromatic carbocycles. The Morgan fingerprint density at radius 1 is 1.56 bits per heavy atom. The van der Waals surface area contributed by atoms with Crippen molar-refractivity contribution in [2.45, 2.75) is 12.2 Å². The van der Waals surface area contributed by atoms with Gasteiger partial charge in [-0.1, -0.05) is 0 Å². The van der Waals surface area contributed by atoms with E-state index in [1.165, 1.54) is 0 Å². The molecule has 0 saturated heterocycles. The Kier molecular flexibility index (Phi) is 4.17. The summed E-state index contributed by atoms with van der Waals surface area (Å²) < 4.78 is 44.8. The van der Waals surface area contributed by atoms with Crippen LogP contribution in [0.15, 0.2) is 6.20 Å². The molecule has 0 bridgehead atoms. The van der Waals surface area contributed by atoms with Crippen molar-refractivity contribution in [1.82, 2.24) is 4.98 Å². The van der Waals surface area contributed by atoms with Crippen molar-refractivity contribution in [2.24, 2.45) is 0 Å². The van der Waals surface area contributed by atoms with Crippen molar-refractivity contribution < 1.29 is 27.6 Å². The number of pyridine rings is 1. The van der Waals surface area contributed by atoms with E-state index in [1.807, 2.05) is 0 Å². The summed E-state index contributed by atoms with van der Waals surface area (Å²) in [6.07, 6.45) is -4.29. The Bertz CT molecular complexity index is 466. The lowest BCUT2D eigenvalue weighted by Gasteiger charge is -2.14. The first-order chi connectivity index (χ1) is 8.30. The smallest absolute Gasteiger partial charge is 0.478 e. The highest BCUT2D eigenvalue weighted by Crippen LogP contribution is 2.39. The van der Waals surface area contributed by atoms with Crippen LogP contribution in [0, 0.1) is 10.1 Å². The minimum atomic E-state index is -5.04. The second-order valence-electron chi connectivity index (χ2n) is 2.90. The van der Waals surface area contributed by atoms with Gasteiger partial charge in [0, 0.05) is 0 Å². The van der Waals surface area contributed by atoms with Crippen molar-refractivity contribution in [3.8, 4) is 11.6 Å². The SMILES string of the molecule is COc1ncc([N+](=O)[O-])c(CCl)c1OC(F)(F)F. The summed E-state index contributed by atoms with van der Waals surface area (Å²) >= 11 is 5.40. The van der Waals surface area contributed by atoms with Crippen LogP contribution in [0.2, 0.25) is 0 Å². The molecule has 0 aliphatic carbocycles. The standard InChI is InChI=1S/C8H6ClF3N2O4/c1-17-7-6(18-8(10,11)12)4(2-9)5(3-13-7)14(15)16/h3H,2H2,1H3. The highest BCUT2D eigenvalue weighted by atomic mass is 35.5. The molecule has 0 saturated carbocycles. The molecule has 1 rings (SSSR count). The first-order valence-electron chi connectivity index (χ1n) is 4.32. The first-order valence-corrected chi connectivity index (χ1v) is 4.85. The van der Waals surface area contributed by atoms with Crippen molar-refractivity contribution >= 4 is 17.3 Å². The van der Waals surface area contributed by atoms with Crippen LogP contribution in [0.25, 0.3) is 0 Å². The number of ether oxygens (including phenoxy) is 2. The van der Waals surface area contributed by atoms with E-state index in [2.05, 4.69) is 14.5 Å². The normalized spacial score (nSPS) is 11.2. The van der Waals surface area contributed by atoms with Crippen LogP contribution in [-0.4, -0.2) is 23.4 Å². The molecule has 1 heterocycles. The lowest BCUT2D eigenvalue weighted by Crippen LogP contribution is -2.19. The van der Waals surface area contributed by atoms with Crippen LogP contribution in [0.5, 0.6) is 11.6 Å². The quantitative estimate of drug-likeness (QED) is 0.483. The van der Waals surface area contributed by atoms with Crippen LogP contribution in [0.4, 0.5) is 18.9 Å². The predicted molar refractivity (Wildman–Crippen MR) is 53.7 cm³/mol. The highest BCUT2D eigenvalue weighted by Gasteiger charge is 2.36. The summed E-state index contributed by atoms with van der Waals surface area (Å²) in [5, 5.41) is 10.6. The summed E-state index contributed by atoms with van der Waals surface area (Å²) in [6.45, 7) is 0. The number of nitro groups is 1. The fraction of sp³-hybridized carbons (Fsp3) is 0.375. The molecule has 0 aliphatic rings. The molecule has 1 aromatic rings. The molecular formula is C8H6ClF3N2O4. The van der Waals surface area contributed by atoms with E-state index in [4.69, 9.17) is 11.6 Å². The van der Waals surface area contributed by atoms with E-state index < -0.39 is 40.0 Å². The fourth-order valence-corrected chi connectivity index (χ4v) is 1.41. The van der Waals surface area contributed by atoms with E-state index in [9.17, 15) is 23.3 Å². The summed E-state index contributed by atoms with van der Waals surface area (Å²) in [6, 6.07) is 0. The van der Waals surface area contributed by atoms with E-state index in [1.54, 1.807) is 0 Å². The number of aromatic nitrogens is 1. The number of alkyl halides is 4. The molecule has 0 amide bonds. The van der Waals surface area contributed by atoms with Gasteiger partial charge in [0.15, 0.2) is 0 Å². The van der Waals surface area contributed by atoms with Gasteiger partial charge in [-0.25, -0.2) is 4.98 Å². The summed E-state index contributed by atoms with van der Waals surface area (Å²) in [4.78, 5) is 13.1. The number of methoxy groups -OCH3 is 1. The molecule has 0 unspecified atom stereocenters. The second kappa shape index (κ2) is 5.25. The van der Waals surface area contributed by atoms with Gasteiger partial charge in [-0.05, 0) is 0 Å². The summed E-state index contributed by atoms with van der Waals surface area (Å²) in [5.74, 6) is -2.00. The molecule has 18 heavy (non-hydrogen) atoms. The van der Waals surface area contributed by atoms with Gasteiger partial charge in [0.25, 0.3) is 11.6 Å². The zero-order chi connectivity index (χ0) is 13.9. The van der Waals surface area contributed by atoms with Crippen molar-refractivity contribution in [1.29, 1.82) is 0 Å². The molecule has 0 spiro atoms. The van der Waals surface area contributed by atoms with E-state index >= 15 is 0 Å². The van der Waals surface area contributed by atoms with Crippen LogP contribution in [0.1, 0.15) is 5.56 Å². The Balaban J connectivity index is 3.41.